The molecule has 1 aliphatic carbocycles. The third kappa shape index (κ3) is 3.26. The number of carbonyl (C=O) groups excluding carboxylic acids is 1. The average molecular weight is 269 g/mol. The van der Waals surface area contributed by atoms with Crippen LogP contribution in [0.15, 0.2) is 0 Å². The molecule has 1 heterocycles. The molecule has 1 saturated carbocycles. The molecule has 2 N–H and O–H groups in total. The van der Waals surface area contributed by atoms with Gasteiger partial charge >= 0.3 is 0 Å². The summed E-state index contributed by atoms with van der Waals surface area (Å²) in [4.78, 5) is 11.9. The van der Waals surface area contributed by atoms with E-state index >= 15 is 0 Å². The van der Waals surface area contributed by atoms with Crippen LogP contribution < -0.4 is 5.32 Å². The first-order valence-electron chi connectivity index (χ1n) is 6.52. The summed E-state index contributed by atoms with van der Waals surface area (Å²) in [6.45, 7) is 2.13. The van der Waals surface area contributed by atoms with Crippen molar-refractivity contribution in [3.05, 3.63) is 5.01 Å². The second kappa shape index (κ2) is 6.24. The highest BCUT2D eigenvalue weighted by molar-refractivity contribution is 7.15. The van der Waals surface area contributed by atoms with E-state index in [1.165, 1.54) is 11.3 Å². The van der Waals surface area contributed by atoms with Gasteiger partial charge in [-0.25, -0.2) is 0 Å². The number of rotatable bonds is 5. The molecule has 2 atom stereocenters. The molecule has 0 bridgehead atoms. The van der Waals surface area contributed by atoms with Gasteiger partial charge in [0.1, 0.15) is 5.01 Å². The largest absolute Gasteiger partial charge is 0.392 e. The van der Waals surface area contributed by atoms with E-state index in [9.17, 15) is 9.90 Å². The second-order valence-corrected chi connectivity index (χ2v) is 5.76. The van der Waals surface area contributed by atoms with Crippen LogP contribution in [0.5, 0.6) is 0 Å². The monoisotopic (exact) mass is 269 g/mol. The van der Waals surface area contributed by atoms with E-state index in [0.717, 1.165) is 43.5 Å². The molecular formula is C12H19N3O2S. The lowest BCUT2D eigenvalue weighted by atomic mass is 10.1. The molecule has 100 valence electrons. The third-order valence-electron chi connectivity index (χ3n) is 3.26. The molecule has 1 aromatic rings. The maximum atomic E-state index is 11.9. The lowest BCUT2D eigenvalue weighted by molar-refractivity contribution is -0.122. The molecule has 1 aliphatic rings. The van der Waals surface area contributed by atoms with Gasteiger partial charge in [-0.3, -0.25) is 4.79 Å². The molecule has 0 saturated heterocycles. The zero-order valence-corrected chi connectivity index (χ0v) is 11.4. The van der Waals surface area contributed by atoms with Crippen molar-refractivity contribution in [3.8, 4) is 0 Å². The number of carbonyl (C=O) groups is 1. The zero-order valence-electron chi connectivity index (χ0n) is 10.6. The number of anilines is 1. The summed E-state index contributed by atoms with van der Waals surface area (Å²) < 4.78 is 0. The Labute approximate surface area is 111 Å². The molecule has 18 heavy (non-hydrogen) atoms. The molecule has 2 unspecified atom stereocenters. The molecule has 0 radical (unpaired) electrons. The van der Waals surface area contributed by atoms with Crippen molar-refractivity contribution in [1.82, 2.24) is 10.2 Å². The van der Waals surface area contributed by atoms with Gasteiger partial charge in [0, 0.05) is 6.42 Å². The molecule has 1 amide bonds. The van der Waals surface area contributed by atoms with E-state index in [1.807, 2.05) is 0 Å². The Morgan fingerprint density at radius 1 is 1.50 bits per heavy atom. The van der Waals surface area contributed by atoms with Crippen molar-refractivity contribution in [1.29, 1.82) is 0 Å². The number of amides is 1. The summed E-state index contributed by atoms with van der Waals surface area (Å²) in [7, 11) is 0. The third-order valence-corrected chi connectivity index (χ3v) is 4.16. The number of aliphatic hydroxyl groups is 1. The summed E-state index contributed by atoms with van der Waals surface area (Å²) in [5.74, 6) is -0.411. The summed E-state index contributed by atoms with van der Waals surface area (Å²) in [5.41, 5.74) is 0. The number of hydrogen-bond acceptors (Lipinski definition) is 5. The van der Waals surface area contributed by atoms with Gasteiger partial charge in [-0.15, -0.1) is 10.2 Å². The number of aliphatic hydroxyl groups excluding tert-OH is 1. The zero-order chi connectivity index (χ0) is 13.0. The fraction of sp³-hybridized carbons (Fsp3) is 0.750. The van der Waals surface area contributed by atoms with Gasteiger partial charge in [-0.1, -0.05) is 24.7 Å². The van der Waals surface area contributed by atoms with Gasteiger partial charge in [0.2, 0.25) is 11.0 Å². The summed E-state index contributed by atoms with van der Waals surface area (Å²) in [6.07, 6.45) is 5.01. The van der Waals surface area contributed by atoms with Gasteiger partial charge < -0.3 is 10.4 Å². The summed E-state index contributed by atoms with van der Waals surface area (Å²) >= 11 is 1.43. The second-order valence-electron chi connectivity index (χ2n) is 4.70. The Kier molecular flexibility index (Phi) is 4.66. The van der Waals surface area contributed by atoms with Gasteiger partial charge in [0.05, 0.1) is 12.0 Å². The van der Waals surface area contributed by atoms with Crippen LogP contribution >= 0.6 is 11.3 Å². The maximum Gasteiger partial charge on any atom is 0.231 e. The van der Waals surface area contributed by atoms with Gasteiger partial charge in [0.25, 0.3) is 0 Å². The highest BCUT2D eigenvalue weighted by atomic mass is 32.1. The van der Waals surface area contributed by atoms with E-state index in [-0.39, 0.29) is 11.8 Å². The van der Waals surface area contributed by atoms with Crippen molar-refractivity contribution in [2.24, 2.45) is 5.92 Å². The normalized spacial score (nSPS) is 23.2. The average Bonchev–Trinajstić information content (AvgIpc) is 2.95. The molecule has 5 nitrogen and oxygen atoms in total. The Balaban J connectivity index is 1.88. The highest BCUT2D eigenvalue weighted by Gasteiger charge is 2.31. The lowest BCUT2D eigenvalue weighted by Gasteiger charge is -2.12. The number of unbranched alkanes of at least 4 members (excludes halogenated alkanes) is 1. The number of aromatic nitrogens is 2. The SMILES string of the molecule is CCCCc1nnc(NC(=O)C2CCCC2O)s1. The number of nitrogens with zero attached hydrogens (tertiary/aromatic N) is 2. The fourth-order valence-corrected chi connectivity index (χ4v) is 2.96. The Morgan fingerprint density at radius 3 is 3.00 bits per heavy atom. The predicted octanol–water partition coefficient (Wildman–Crippen LogP) is 1.98. The van der Waals surface area contributed by atoms with Crippen LogP contribution in [0.3, 0.4) is 0 Å². The van der Waals surface area contributed by atoms with E-state index in [4.69, 9.17) is 0 Å². The van der Waals surface area contributed by atoms with Crippen LogP contribution in [0.25, 0.3) is 0 Å². The fourth-order valence-electron chi connectivity index (χ4n) is 2.18. The quantitative estimate of drug-likeness (QED) is 0.857. The number of nitrogens with one attached hydrogen (secondary N) is 1. The molecule has 0 aromatic carbocycles. The van der Waals surface area contributed by atoms with Gasteiger partial charge in [0.15, 0.2) is 0 Å². The van der Waals surface area contributed by atoms with Crippen molar-refractivity contribution < 1.29 is 9.90 Å². The van der Waals surface area contributed by atoms with Crippen molar-refractivity contribution in [2.45, 2.75) is 51.6 Å². The molecule has 0 spiro atoms. The van der Waals surface area contributed by atoms with Crippen LogP contribution in [0.4, 0.5) is 5.13 Å². The van der Waals surface area contributed by atoms with E-state index in [0.29, 0.717) is 5.13 Å². The van der Waals surface area contributed by atoms with Crippen LogP contribution in [0, 0.1) is 5.92 Å². The van der Waals surface area contributed by atoms with Crippen LogP contribution in [-0.4, -0.2) is 27.3 Å². The molecular weight excluding hydrogens is 250 g/mol. The van der Waals surface area contributed by atoms with Crippen molar-refractivity contribution in [3.63, 3.8) is 0 Å². The van der Waals surface area contributed by atoms with E-state index in [2.05, 4.69) is 22.4 Å². The van der Waals surface area contributed by atoms with Crippen molar-refractivity contribution in [2.75, 3.05) is 5.32 Å². The highest BCUT2D eigenvalue weighted by Crippen LogP contribution is 2.27. The molecule has 1 aromatic heterocycles. The Bertz CT molecular complexity index is 408. The van der Waals surface area contributed by atoms with Crippen LogP contribution in [0.1, 0.15) is 44.0 Å². The summed E-state index contributed by atoms with van der Waals surface area (Å²) in [6, 6.07) is 0. The van der Waals surface area contributed by atoms with Crippen LogP contribution in [-0.2, 0) is 11.2 Å². The van der Waals surface area contributed by atoms with Gasteiger partial charge in [-0.2, -0.15) is 0 Å². The van der Waals surface area contributed by atoms with E-state index in [1.54, 1.807) is 0 Å². The minimum Gasteiger partial charge on any atom is -0.392 e. The Morgan fingerprint density at radius 2 is 2.33 bits per heavy atom. The minimum absolute atomic E-state index is 0.127. The predicted molar refractivity (Wildman–Crippen MR) is 70.5 cm³/mol. The molecule has 1 fully saturated rings. The summed E-state index contributed by atoms with van der Waals surface area (Å²) in [5, 5.41) is 21.9. The van der Waals surface area contributed by atoms with Crippen molar-refractivity contribution >= 4 is 22.4 Å². The topological polar surface area (TPSA) is 75.1 Å². The van der Waals surface area contributed by atoms with E-state index < -0.39 is 6.10 Å². The van der Waals surface area contributed by atoms with Crippen LogP contribution in [0.2, 0.25) is 0 Å². The standard InChI is InChI=1S/C12H19N3O2S/c1-2-3-7-10-14-15-12(18-10)13-11(17)8-5-4-6-9(8)16/h8-9,16H,2-7H2,1H3,(H,13,15,17). The first kappa shape index (κ1) is 13.4. The maximum absolute atomic E-state index is 11.9. The molecule has 6 heteroatoms. The number of aryl methyl sites for hydroxylation is 1. The molecule has 2 rings (SSSR count). The Hall–Kier alpha value is -1.01. The smallest absolute Gasteiger partial charge is 0.231 e. The number of hydrogen-bond donors (Lipinski definition) is 2. The molecule has 0 aliphatic heterocycles. The first-order valence-corrected chi connectivity index (χ1v) is 7.33. The first-order chi connectivity index (χ1) is 8.70. The lowest BCUT2D eigenvalue weighted by Crippen LogP contribution is -2.28. The van der Waals surface area contributed by atoms with Gasteiger partial charge in [-0.05, 0) is 25.7 Å². The minimum atomic E-state index is -0.502.